The lowest BCUT2D eigenvalue weighted by atomic mass is 9.85. The van der Waals surface area contributed by atoms with E-state index in [1.54, 1.807) is 6.92 Å². The topological polar surface area (TPSA) is 58.6 Å². The molecule has 21 heavy (non-hydrogen) atoms. The van der Waals surface area contributed by atoms with Gasteiger partial charge in [0.2, 0.25) is 5.91 Å². The number of nitrogens with one attached hydrogen (secondary N) is 1. The second-order valence-electron chi connectivity index (χ2n) is 5.78. The first-order valence-electron chi connectivity index (χ1n) is 7.77. The number of ether oxygens (including phenoxy) is 1. The Balaban J connectivity index is 1.79. The van der Waals surface area contributed by atoms with Gasteiger partial charge in [-0.15, -0.1) is 0 Å². The molecule has 0 radical (unpaired) electrons. The molecule has 0 bridgehead atoms. The minimum atomic E-state index is -0.480. The first kappa shape index (κ1) is 16.0. The third-order valence-corrected chi connectivity index (χ3v) is 4.18. The van der Waals surface area contributed by atoms with E-state index in [-0.39, 0.29) is 24.5 Å². The van der Waals surface area contributed by atoms with Crippen LogP contribution < -0.4 is 5.32 Å². The first-order valence-corrected chi connectivity index (χ1v) is 7.77. The second kappa shape index (κ2) is 8.15. The fraction of sp³-hybridized carbons (Fsp3) is 0.588. The average molecular weight is 291 g/mol. The molecule has 3 atom stereocenters. The Hall–Kier alpha value is -1.39. The lowest BCUT2D eigenvalue weighted by Crippen LogP contribution is -2.47. The van der Waals surface area contributed by atoms with E-state index in [1.807, 2.05) is 30.3 Å². The van der Waals surface area contributed by atoms with Gasteiger partial charge in [0.25, 0.3) is 0 Å². The predicted octanol–water partition coefficient (Wildman–Crippen LogP) is 2.26. The van der Waals surface area contributed by atoms with Crippen molar-refractivity contribution in [2.45, 2.75) is 51.4 Å². The second-order valence-corrected chi connectivity index (χ2v) is 5.78. The van der Waals surface area contributed by atoms with E-state index in [0.717, 1.165) is 31.2 Å². The van der Waals surface area contributed by atoms with Crippen molar-refractivity contribution >= 4 is 5.91 Å². The standard InChI is InChI=1S/C17H25NO3/c1-13(21-12-14-7-3-2-4-8-14)17(20)18-16-10-6-5-9-15(16)11-19/h2-4,7-8,13,15-16,19H,5-6,9-12H2,1H3,(H,18,20). The summed E-state index contributed by atoms with van der Waals surface area (Å²) in [7, 11) is 0. The van der Waals surface area contributed by atoms with Crippen LogP contribution in [-0.4, -0.2) is 29.8 Å². The van der Waals surface area contributed by atoms with Crippen LogP contribution in [0.15, 0.2) is 30.3 Å². The van der Waals surface area contributed by atoms with Gasteiger partial charge in [-0.2, -0.15) is 0 Å². The van der Waals surface area contributed by atoms with Crippen molar-refractivity contribution < 1.29 is 14.6 Å². The van der Waals surface area contributed by atoms with E-state index in [4.69, 9.17) is 4.74 Å². The molecule has 2 rings (SSSR count). The maximum atomic E-state index is 12.2. The molecule has 0 aliphatic heterocycles. The maximum absolute atomic E-state index is 12.2. The Morgan fingerprint density at radius 3 is 2.76 bits per heavy atom. The van der Waals surface area contributed by atoms with Gasteiger partial charge in [-0.3, -0.25) is 4.79 Å². The van der Waals surface area contributed by atoms with Gasteiger partial charge in [0.1, 0.15) is 6.10 Å². The summed E-state index contributed by atoms with van der Waals surface area (Å²) in [4.78, 5) is 12.2. The molecule has 0 aromatic heterocycles. The van der Waals surface area contributed by atoms with Crippen LogP contribution in [0.5, 0.6) is 0 Å². The smallest absolute Gasteiger partial charge is 0.249 e. The molecule has 1 aliphatic rings. The summed E-state index contributed by atoms with van der Waals surface area (Å²) in [5.41, 5.74) is 1.06. The van der Waals surface area contributed by atoms with E-state index in [1.165, 1.54) is 0 Å². The molecule has 1 aromatic rings. The van der Waals surface area contributed by atoms with E-state index < -0.39 is 6.10 Å². The Kier molecular flexibility index (Phi) is 6.21. The van der Waals surface area contributed by atoms with E-state index in [9.17, 15) is 9.90 Å². The highest BCUT2D eigenvalue weighted by Crippen LogP contribution is 2.24. The van der Waals surface area contributed by atoms with Crippen molar-refractivity contribution in [1.29, 1.82) is 0 Å². The molecule has 1 fully saturated rings. The van der Waals surface area contributed by atoms with Crippen molar-refractivity contribution in [2.75, 3.05) is 6.61 Å². The van der Waals surface area contributed by atoms with Crippen LogP contribution in [0.4, 0.5) is 0 Å². The van der Waals surface area contributed by atoms with Crippen molar-refractivity contribution in [3.05, 3.63) is 35.9 Å². The largest absolute Gasteiger partial charge is 0.396 e. The van der Waals surface area contributed by atoms with E-state index in [2.05, 4.69) is 5.32 Å². The SMILES string of the molecule is CC(OCc1ccccc1)C(=O)NC1CCCCC1CO. The fourth-order valence-corrected chi connectivity index (χ4v) is 2.79. The summed E-state index contributed by atoms with van der Waals surface area (Å²) in [5.74, 6) is 0.0975. The summed E-state index contributed by atoms with van der Waals surface area (Å²) in [6.07, 6.45) is 3.70. The van der Waals surface area contributed by atoms with Gasteiger partial charge in [0.05, 0.1) is 6.61 Å². The maximum Gasteiger partial charge on any atom is 0.249 e. The van der Waals surface area contributed by atoms with Crippen LogP contribution in [0.2, 0.25) is 0 Å². The molecule has 4 heteroatoms. The number of benzene rings is 1. The molecule has 1 aliphatic carbocycles. The van der Waals surface area contributed by atoms with Crippen LogP contribution in [0.3, 0.4) is 0 Å². The molecular formula is C17H25NO3. The lowest BCUT2D eigenvalue weighted by Gasteiger charge is -2.31. The third-order valence-electron chi connectivity index (χ3n) is 4.18. The number of amides is 1. The van der Waals surface area contributed by atoms with Gasteiger partial charge >= 0.3 is 0 Å². The van der Waals surface area contributed by atoms with Gasteiger partial charge in [-0.05, 0) is 25.3 Å². The Morgan fingerprint density at radius 2 is 2.05 bits per heavy atom. The molecule has 4 nitrogen and oxygen atoms in total. The number of hydrogen-bond acceptors (Lipinski definition) is 3. The van der Waals surface area contributed by atoms with Crippen molar-refractivity contribution in [3.63, 3.8) is 0 Å². The summed E-state index contributed by atoms with van der Waals surface area (Å²) in [6.45, 7) is 2.35. The summed E-state index contributed by atoms with van der Waals surface area (Å²) in [5, 5.41) is 12.4. The highest BCUT2D eigenvalue weighted by molar-refractivity contribution is 5.80. The molecule has 116 valence electrons. The third kappa shape index (κ3) is 4.83. The zero-order valence-electron chi connectivity index (χ0n) is 12.6. The van der Waals surface area contributed by atoms with Gasteiger partial charge in [-0.1, -0.05) is 43.2 Å². The average Bonchev–Trinajstić information content (AvgIpc) is 2.54. The zero-order chi connectivity index (χ0) is 15.1. The van der Waals surface area contributed by atoms with Gasteiger partial charge in [0, 0.05) is 18.6 Å². The molecule has 1 aromatic carbocycles. The van der Waals surface area contributed by atoms with Crippen LogP contribution in [-0.2, 0) is 16.1 Å². The van der Waals surface area contributed by atoms with Crippen molar-refractivity contribution in [2.24, 2.45) is 5.92 Å². The van der Waals surface area contributed by atoms with Crippen molar-refractivity contribution in [3.8, 4) is 0 Å². The number of carbonyl (C=O) groups is 1. The molecule has 1 saturated carbocycles. The van der Waals surface area contributed by atoms with Crippen LogP contribution in [0.25, 0.3) is 0 Å². The molecule has 0 heterocycles. The van der Waals surface area contributed by atoms with Gasteiger partial charge < -0.3 is 15.2 Å². The minimum absolute atomic E-state index is 0.0824. The quantitative estimate of drug-likeness (QED) is 0.845. The number of carbonyl (C=O) groups excluding carboxylic acids is 1. The zero-order valence-corrected chi connectivity index (χ0v) is 12.6. The van der Waals surface area contributed by atoms with Crippen LogP contribution in [0.1, 0.15) is 38.2 Å². The monoisotopic (exact) mass is 291 g/mol. The Morgan fingerprint density at radius 1 is 1.33 bits per heavy atom. The van der Waals surface area contributed by atoms with Crippen molar-refractivity contribution in [1.82, 2.24) is 5.32 Å². The highest BCUT2D eigenvalue weighted by atomic mass is 16.5. The molecule has 1 amide bonds. The Labute approximate surface area is 126 Å². The van der Waals surface area contributed by atoms with E-state index >= 15 is 0 Å². The lowest BCUT2D eigenvalue weighted by molar-refractivity contribution is -0.134. The van der Waals surface area contributed by atoms with Crippen LogP contribution >= 0.6 is 0 Å². The predicted molar refractivity (Wildman–Crippen MR) is 81.7 cm³/mol. The van der Waals surface area contributed by atoms with Gasteiger partial charge in [-0.25, -0.2) is 0 Å². The molecule has 0 spiro atoms. The summed E-state index contributed by atoms with van der Waals surface area (Å²) >= 11 is 0. The highest BCUT2D eigenvalue weighted by Gasteiger charge is 2.27. The molecule has 3 unspecified atom stereocenters. The van der Waals surface area contributed by atoms with Crippen LogP contribution in [0, 0.1) is 5.92 Å². The minimum Gasteiger partial charge on any atom is -0.396 e. The number of aliphatic hydroxyl groups excluding tert-OH is 1. The Bertz CT molecular complexity index is 435. The first-order chi connectivity index (χ1) is 10.2. The summed E-state index contributed by atoms with van der Waals surface area (Å²) in [6, 6.07) is 9.91. The molecule has 2 N–H and O–H groups in total. The van der Waals surface area contributed by atoms with Gasteiger partial charge in [0.15, 0.2) is 0 Å². The summed E-state index contributed by atoms with van der Waals surface area (Å²) < 4.78 is 5.63. The fourth-order valence-electron chi connectivity index (χ4n) is 2.79. The number of hydrogen-bond donors (Lipinski definition) is 2. The normalized spacial score (nSPS) is 23.5. The molecular weight excluding hydrogens is 266 g/mol. The van der Waals surface area contributed by atoms with E-state index in [0.29, 0.717) is 6.61 Å². The molecule has 0 saturated heterocycles. The number of aliphatic hydroxyl groups is 1. The number of rotatable bonds is 6.